The van der Waals surface area contributed by atoms with Crippen molar-refractivity contribution in [2.24, 2.45) is 0 Å². The molecule has 7 aromatic carbocycles. The van der Waals surface area contributed by atoms with Gasteiger partial charge in [0.25, 0.3) is 0 Å². The molecule has 2 aliphatic carbocycles. The summed E-state index contributed by atoms with van der Waals surface area (Å²) in [6, 6.07) is 44.1. The number of rotatable bonds is 3. The van der Waals surface area contributed by atoms with Crippen LogP contribution in [-0.4, -0.2) is 11.1 Å². The van der Waals surface area contributed by atoms with E-state index in [-0.39, 0.29) is 38.7 Å². The van der Waals surface area contributed by atoms with Crippen molar-refractivity contribution in [2.75, 3.05) is 14.7 Å². The summed E-state index contributed by atoms with van der Waals surface area (Å²) in [6.45, 7) is 34.4. The van der Waals surface area contributed by atoms with Crippen LogP contribution in [0.5, 0.6) is 0 Å². The Balaban J connectivity index is 1.19. The molecule has 7 aromatic rings. The molecule has 2 saturated carbocycles. The lowest BCUT2D eigenvalue weighted by atomic mass is 9.60. The molecular weight excluding hydrogens is 871 g/mol. The molecule has 5 atom stereocenters. The second kappa shape index (κ2) is 14.9. The van der Waals surface area contributed by atoms with Gasteiger partial charge in [0.2, 0.25) is 0 Å². The highest BCUT2D eigenvalue weighted by Gasteiger charge is 2.63. The Morgan fingerprint density at radius 3 is 1.76 bits per heavy atom. The van der Waals surface area contributed by atoms with Crippen molar-refractivity contribution in [3.8, 4) is 11.1 Å². The molecule has 0 aromatic heterocycles. The number of fused-ring (bicyclic) bond motifs is 11. The van der Waals surface area contributed by atoms with Crippen LogP contribution in [0.15, 0.2) is 109 Å². The molecule has 3 nitrogen and oxygen atoms in total. The van der Waals surface area contributed by atoms with Crippen LogP contribution in [0.1, 0.15) is 188 Å². The largest absolute Gasteiger partial charge is 0.334 e. The van der Waals surface area contributed by atoms with E-state index in [1.54, 1.807) is 11.1 Å². The van der Waals surface area contributed by atoms with Crippen molar-refractivity contribution in [2.45, 2.75) is 187 Å². The van der Waals surface area contributed by atoms with Crippen molar-refractivity contribution < 1.29 is 0 Å². The van der Waals surface area contributed by atoms with E-state index in [2.05, 4.69) is 221 Å². The zero-order valence-electron chi connectivity index (χ0n) is 46.0. The van der Waals surface area contributed by atoms with Crippen molar-refractivity contribution in [3.63, 3.8) is 0 Å². The minimum Gasteiger partial charge on any atom is -0.334 e. The highest BCUT2D eigenvalue weighted by atomic mass is 15.3. The number of hydrogen-bond acceptors (Lipinski definition) is 3. The Morgan fingerprint density at radius 2 is 1.07 bits per heavy atom. The van der Waals surface area contributed by atoms with E-state index >= 15 is 0 Å². The van der Waals surface area contributed by atoms with Crippen LogP contribution in [0.3, 0.4) is 0 Å². The zero-order valence-corrected chi connectivity index (χ0v) is 46.0. The average molecular weight is 948 g/mol. The van der Waals surface area contributed by atoms with Gasteiger partial charge in [-0.1, -0.05) is 148 Å². The van der Waals surface area contributed by atoms with Gasteiger partial charge in [-0.15, -0.1) is 0 Å². The molecule has 368 valence electrons. The Hall–Kier alpha value is -5.80. The Bertz CT molecular complexity index is 3490. The van der Waals surface area contributed by atoms with E-state index in [9.17, 15) is 0 Å². The Labute approximate surface area is 431 Å². The predicted octanol–water partition coefficient (Wildman–Crippen LogP) is 19.1. The summed E-state index contributed by atoms with van der Waals surface area (Å²) in [4.78, 5) is 8.64. The first-order chi connectivity index (χ1) is 34.1. The van der Waals surface area contributed by atoms with Gasteiger partial charge in [-0.2, -0.15) is 0 Å². The third-order valence-corrected chi connectivity index (χ3v) is 20.4. The maximum Gasteiger partial charge on any atom is 0.0545 e. The van der Waals surface area contributed by atoms with E-state index < -0.39 is 0 Å². The smallest absolute Gasteiger partial charge is 0.0545 e. The third-order valence-electron chi connectivity index (χ3n) is 20.4. The molecule has 4 heterocycles. The van der Waals surface area contributed by atoms with Gasteiger partial charge >= 0.3 is 0 Å². The van der Waals surface area contributed by atoms with Gasteiger partial charge in [-0.25, -0.2) is 0 Å². The molecule has 2 fully saturated rings. The molecular formula is C69H77N3. The predicted molar refractivity (Wildman–Crippen MR) is 307 cm³/mol. The number of nitrogens with zero attached hydrogens (tertiary/aromatic N) is 3. The molecule has 0 spiro atoms. The first-order valence-corrected chi connectivity index (χ1v) is 27.7. The summed E-state index contributed by atoms with van der Waals surface area (Å²) < 4.78 is 0. The summed E-state index contributed by atoms with van der Waals surface area (Å²) in [5.41, 5.74) is 27.9. The topological polar surface area (TPSA) is 9.72 Å². The lowest BCUT2D eigenvalue weighted by Crippen LogP contribution is -2.56. The van der Waals surface area contributed by atoms with Gasteiger partial charge in [0.15, 0.2) is 0 Å². The number of hydrogen-bond donors (Lipinski definition) is 0. The molecule has 6 aliphatic rings. The van der Waals surface area contributed by atoms with Crippen LogP contribution in [0.25, 0.3) is 21.9 Å². The molecule has 0 bridgehead atoms. The van der Waals surface area contributed by atoms with Crippen LogP contribution >= 0.6 is 0 Å². The standard InChI is InChI=1S/C69H77N3/c1-41-33-43(3)61-57(34-41)71(68(13)31-19-17-29-66(61,68)11)50-39-55-60-56(40-50)72-63-58(42(2)35-44(4)62(63)67(12)30-18-20-32-69(67,72)14)59(60)52-38-49(65(8,9)10)26-28-54(52)70(55)53-27-25-48(64(5,6)7)37-51(53)47-24-23-45-21-15-16-22-46(45)36-47/h15-16,21-28,33-40,59H,17-20,29-32H2,1-14H3. The molecule has 0 amide bonds. The minimum atomic E-state index is -0.102. The van der Waals surface area contributed by atoms with Gasteiger partial charge < -0.3 is 14.7 Å². The van der Waals surface area contributed by atoms with Crippen LogP contribution in [0.4, 0.5) is 39.8 Å². The molecule has 0 N–H and O–H groups in total. The molecule has 4 aliphatic heterocycles. The summed E-state index contributed by atoms with van der Waals surface area (Å²) in [6.07, 6.45) is 9.81. The van der Waals surface area contributed by atoms with E-state index in [1.165, 1.54) is 163 Å². The summed E-state index contributed by atoms with van der Waals surface area (Å²) in [7, 11) is 0. The monoisotopic (exact) mass is 948 g/mol. The van der Waals surface area contributed by atoms with Gasteiger partial charge in [0, 0.05) is 39.2 Å². The maximum absolute atomic E-state index is 2.99. The molecule has 5 unspecified atom stereocenters. The van der Waals surface area contributed by atoms with Crippen molar-refractivity contribution in [1.82, 2.24) is 0 Å². The van der Waals surface area contributed by atoms with Crippen molar-refractivity contribution in [3.05, 3.63) is 170 Å². The molecule has 0 radical (unpaired) electrons. The van der Waals surface area contributed by atoms with E-state index in [1.807, 2.05) is 0 Å². The quantitative estimate of drug-likeness (QED) is 0.175. The number of anilines is 7. The van der Waals surface area contributed by atoms with Crippen molar-refractivity contribution in [1.29, 1.82) is 0 Å². The van der Waals surface area contributed by atoms with E-state index in [0.29, 0.717) is 0 Å². The number of benzene rings is 7. The maximum atomic E-state index is 2.99. The average Bonchev–Trinajstić information content (AvgIpc) is 3.68. The van der Waals surface area contributed by atoms with Gasteiger partial charge in [0.05, 0.1) is 39.5 Å². The number of aryl methyl sites for hydroxylation is 4. The van der Waals surface area contributed by atoms with Crippen LogP contribution in [-0.2, 0) is 21.7 Å². The fourth-order valence-electron chi connectivity index (χ4n) is 16.4. The lowest BCUT2D eigenvalue weighted by Gasteiger charge is -2.54. The molecule has 13 rings (SSSR count). The fraction of sp³-hybridized carbons (Fsp3) is 0.420. The third kappa shape index (κ3) is 5.92. The van der Waals surface area contributed by atoms with E-state index in [0.717, 1.165) is 0 Å². The van der Waals surface area contributed by atoms with E-state index in [4.69, 9.17) is 0 Å². The molecule has 72 heavy (non-hydrogen) atoms. The minimum absolute atomic E-state index is 0.00764. The fourth-order valence-corrected chi connectivity index (χ4v) is 16.4. The first kappa shape index (κ1) is 46.0. The van der Waals surface area contributed by atoms with Crippen molar-refractivity contribution >= 4 is 50.6 Å². The highest BCUT2D eigenvalue weighted by molar-refractivity contribution is 6.02. The summed E-state index contributed by atoms with van der Waals surface area (Å²) >= 11 is 0. The van der Waals surface area contributed by atoms with Gasteiger partial charge in [-0.05, 0) is 192 Å². The lowest BCUT2D eigenvalue weighted by molar-refractivity contribution is 0.193. The molecule has 0 saturated heterocycles. The normalized spacial score (nSPS) is 25.8. The van der Waals surface area contributed by atoms with Crippen LogP contribution < -0.4 is 14.7 Å². The SMILES string of the molecule is Cc1cc(C)c2c(c1)N(c1cc3c4c(c1)N1c5c(c(C)cc(C)c5C5(C)CCCCC15C)C4c1cc(C(C)(C)C)ccc1N3c1ccc(C(C)(C)C)cc1-c1ccc3ccccc3c1)C1(C)CCCCC21C. The highest BCUT2D eigenvalue weighted by Crippen LogP contribution is 2.71. The summed E-state index contributed by atoms with van der Waals surface area (Å²) in [5.74, 6) is 0.0689. The van der Waals surface area contributed by atoms with Crippen LogP contribution in [0, 0.1) is 27.7 Å². The molecule has 3 heteroatoms. The summed E-state index contributed by atoms with van der Waals surface area (Å²) in [5, 5.41) is 2.54. The van der Waals surface area contributed by atoms with Gasteiger partial charge in [-0.3, -0.25) is 0 Å². The Kier molecular flexibility index (Phi) is 9.54. The first-order valence-electron chi connectivity index (χ1n) is 27.7. The van der Waals surface area contributed by atoms with Crippen LogP contribution in [0.2, 0.25) is 0 Å². The second-order valence-corrected chi connectivity index (χ2v) is 26.7. The Morgan fingerprint density at radius 1 is 0.472 bits per heavy atom. The zero-order chi connectivity index (χ0) is 50.4. The van der Waals surface area contributed by atoms with Gasteiger partial charge in [0.1, 0.15) is 0 Å². The second-order valence-electron chi connectivity index (χ2n) is 26.7.